The SMILES string of the molecule is COc1ccccc1SCc1ccnc(C(=O)O)c1. The minimum atomic E-state index is -1.01. The Morgan fingerprint density at radius 3 is 2.89 bits per heavy atom. The largest absolute Gasteiger partial charge is 0.496 e. The first-order valence-electron chi connectivity index (χ1n) is 5.64. The molecule has 98 valence electrons. The standard InChI is InChI=1S/C14H13NO3S/c1-18-12-4-2-3-5-13(12)19-9-10-6-7-15-11(8-10)14(16)17/h2-8H,9H2,1H3,(H,16,17). The van der Waals surface area contributed by atoms with Crippen LogP contribution in [0.1, 0.15) is 16.1 Å². The van der Waals surface area contributed by atoms with Crippen LogP contribution in [0.15, 0.2) is 47.5 Å². The van der Waals surface area contributed by atoms with E-state index in [4.69, 9.17) is 9.84 Å². The second-order valence-electron chi connectivity index (χ2n) is 3.79. The molecule has 1 aromatic carbocycles. The Morgan fingerprint density at radius 1 is 1.37 bits per heavy atom. The minimum Gasteiger partial charge on any atom is -0.496 e. The van der Waals surface area contributed by atoms with Crippen molar-refractivity contribution in [2.75, 3.05) is 7.11 Å². The highest BCUT2D eigenvalue weighted by Gasteiger charge is 2.07. The molecule has 1 aromatic heterocycles. The Hall–Kier alpha value is -2.01. The van der Waals surface area contributed by atoms with E-state index in [0.29, 0.717) is 5.75 Å². The molecular formula is C14H13NO3S. The van der Waals surface area contributed by atoms with Crippen LogP contribution in [0.5, 0.6) is 5.75 Å². The lowest BCUT2D eigenvalue weighted by molar-refractivity contribution is 0.0690. The highest BCUT2D eigenvalue weighted by molar-refractivity contribution is 7.98. The fraction of sp³-hybridized carbons (Fsp3) is 0.143. The van der Waals surface area contributed by atoms with E-state index in [2.05, 4.69) is 4.98 Å². The number of hydrogen-bond donors (Lipinski definition) is 1. The van der Waals surface area contributed by atoms with Crippen LogP contribution < -0.4 is 4.74 Å². The fourth-order valence-electron chi connectivity index (χ4n) is 1.58. The number of rotatable bonds is 5. The van der Waals surface area contributed by atoms with E-state index in [1.807, 2.05) is 30.3 Å². The first-order chi connectivity index (χ1) is 9.20. The zero-order valence-electron chi connectivity index (χ0n) is 10.4. The molecule has 0 atom stereocenters. The molecule has 0 saturated heterocycles. The summed E-state index contributed by atoms with van der Waals surface area (Å²) in [6, 6.07) is 11.1. The van der Waals surface area contributed by atoms with Gasteiger partial charge in [-0.1, -0.05) is 12.1 Å². The Labute approximate surface area is 115 Å². The van der Waals surface area contributed by atoms with Crippen LogP contribution in [-0.2, 0) is 5.75 Å². The molecule has 0 aliphatic rings. The number of nitrogens with zero attached hydrogens (tertiary/aromatic N) is 1. The summed E-state index contributed by atoms with van der Waals surface area (Å²) in [7, 11) is 1.63. The van der Waals surface area contributed by atoms with Gasteiger partial charge < -0.3 is 9.84 Å². The number of hydrogen-bond acceptors (Lipinski definition) is 4. The van der Waals surface area contributed by atoms with Crippen LogP contribution in [0.3, 0.4) is 0 Å². The summed E-state index contributed by atoms with van der Waals surface area (Å²) in [5.74, 6) is 0.479. The highest BCUT2D eigenvalue weighted by Crippen LogP contribution is 2.31. The second-order valence-corrected chi connectivity index (χ2v) is 4.81. The molecule has 1 heterocycles. The normalized spacial score (nSPS) is 10.2. The van der Waals surface area contributed by atoms with Crippen molar-refractivity contribution >= 4 is 17.7 Å². The number of methoxy groups -OCH3 is 1. The van der Waals surface area contributed by atoms with Crippen LogP contribution in [0.2, 0.25) is 0 Å². The molecule has 0 saturated carbocycles. The van der Waals surface area contributed by atoms with Crippen molar-refractivity contribution in [3.8, 4) is 5.75 Å². The van der Waals surface area contributed by atoms with Gasteiger partial charge in [0.25, 0.3) is 0 Å². The predicted molar refractivity (Wildman–Crippen MR) is 73.8 cm³/mol. The van der Waals surface area contributed by atoms with Gasteiger partial charge in [-0.05, 0) is 29.8 Å². The molecule has 0 radical (unpaired) electrons. The van der Waals surface area contributed by atoms with E-state index < -0.39 is 5.97 Å². The zero-order valence-corrected chi connectivity index (χ0v) is 11.2. The van der Waals surface area contributed by atoms with Gasteiger partial charge in [-0.15, -0.1) is 11.8 Å². The molecule has 0 aliphatic carbocycles. The summed E-state index contributed by atoms with van der Waals surface area (Å²) in [6.07, 6.45) is 1.52. The van der Waals surface area contributed by atoms with Crippen molar-refractivity contribution in [2.24, 2.45) is 0 Å². The molecule has 2 aromatic rings. The second kappa shape index (κ2) is 6.24. The van der Waals surface area contributed by atoms with Gasteiger partial charge in [0.1, 0.15) is 11.4 Å². The first kappa shape index (κ1) is 13.4. The Kier molecular flexibility index (Phi) is 4.41. The van der Waals surface area contributed by atoms with Crippen LogP contribution in [0.25, 0.3) is 0 Å². The third-order valence-electron chi connectivity index (χ3n) is 2.51. The van der Waals surface area contributed by atoms with Crippen molar-refractivity contribution in [1.82, 2.24) is 4.98 Å². The number of pyridine rings is 1. The molecule has 2 rings (SSSR count). The summed E-state index contributed by atoms with van der Waals surface area (Å²) < 4.78 is 5.27. The number of carboxylic acids is 1. The maximum atomic E-state index is 10.8. The van der Waals surface area contributed by atoms with Gasteiger partial charge in [-0.25, -0.2) is 9.78 Å². The Morgan fingerprint density at radius 2 is 2.16 bits per heavy atom. The number of aromatic carboxylic acids is 1. The monoisotopic (exact) mass is 275 g/mol. The lowest BCUT2D eigenvalue weighted by atomic mass is 10.2. The van der Waals surface area contributed by atoms with E-state index in [1.54, 1.807) is 24.9 Å². The van der Waals surface area contributed by atoms with Crippen LogP contribution in [-0.4, -0.2) is 23.2 Å². The van der Waals surface area contributed by atoms with Crippen molar-refractivity contribution in [3.05, 3.63) is 53.9 Å². The number of carbonyl (C=O) groups is 1. The van der Waals surface area contributed by atoms with Gasteiger partial charge in [0.05, 0.1) is 7.11 Å². The molecule has 5 heteroatoms. The van der Waals surface area contributed by atoms with Crippen LogP contribution in [0, 0.1) is 0 Å². The van der Waals surface area contributed by atoms with Gasteiger partial charge in [0, 0.05) is 16.8 Å². The average Bonchev–Trinajstić information content (AvgIpc) is 2.45. The molecule has 1 N–H and O–H groups in total. The Bertz CT molecular complexity index is 586. The van der Waals surface area contributed by atoms with E-state index in [-0.39, 0.29) is 5.69 Å². The zero-order chi connectivity index (χ0) is 13.7. The summed E-state index contributed by atoms with van der Waals surface area (Å²) in [5, 5.41) is 8.89. The lowest BCUT2D eigenvalue weighted by Gasteiger charge is -2.07. The summed E-state index contributed by atoms with van der Waals surface area (Å²) in [5.41, 5.74) is 0.987. The Balaban J connectivity index is 2.10. The van der Waals surface area contributed by atoms with Crippen molar-refractivity contribution < 1.29 is 14.6 Å². The average molecular weight is 275 g/mol. The van der Waals surface area contributed by atoms with Gasteiger partial charge >= 0.3 is 5.97 Å². The van der Waals surface area contributed by atoms with E-state index >= 15 is 0 Å². The fourth-order valence-corrected chi connectivity index (χ4v) is 2.55. The maximum Gasteiger partial charge on any atom is 0.354 e. The topological polar surface area (TPSA) is 59.4 Å². The smallest absolute Gasteiger partial charge is 0.354 e. The molecule has 0 spiro atoms. The highest BCUT2D eigenvalue weighted by atomic mass is 32.2. The number of para-hydroxylation sites is 1. The number of aromatic nitrogens is 1. The third-order valence-corrected chi connectivity index (χ3v) is 3.63. The van der Waals surface area contributed by atoms with Crippen molar-refractivity contribution in [2.45, 2.75) is 10.6 Å². The summed E-state index contributed by atoms with van der Waals surface area (Å²) in [4.78, 5) is 15.7. The number of carboxylic acid groups (broad SMARTS) is 1. The quantitative estimate of drug-likeness (QED) is 0.850. The van der Waals surface area contributed by atoms with Crippen LogP contribution in [0.4, 0.5) is 0 Å². The summed E-state index contributed by atoms with van der Waals surface area (Å²) in [6.45, 7) is 0. The minimum absolute atomic E-state index is 0.0677. The van der Waals surface area contributed by atoms with Crippen molar-refractivity contribution in [3.63, 3.8) is 0 Å². The van der Waals surface area contributed by atoms with Gasteiger partial charge in [0.15, 0.2) is 0 Å². The molecule has 0 fully saturated rings. The number of ether oxygens (including phenoxy) is 1. The van der Waals surface area contributed by atoms with Gasteiger partial charge in [-0.3, -0.25) is 0 Å². The van der Waals surface area contributed by atoms with Crippen molar-refractivity contribution in [1.29, 1.82) is 0 Å². The van der Waals surface area contributed by atoms with Gasteiger partial charge in [0.2, 0.25) is 0 Å². The van der Waals surface area contributed by atoms with E-state index in [1.165, 1.54) is 6.20 Å². The molecule has 0 amide bonds. The number of benzene rings is 1. The molecule has 0 bridgehead atoms. The lowest BCUT2D eigenvalue weighted by Crippen LogP contribution is -2.00. The van der Waals surface area contributed by atoms with Gasteiger partial charge in [-0.2, -0.15) is 0 Å². The van der Waals surface area contributed by atoms with E-state index in [0.717, 1.165) is 16.2 Å². The van der Waals surface area contributed by atoms with E-state index in [9.17, 15) is 4.79 Å². The molecule has 19 heavy (non-hydrogen) atoms. The van der Waals surface area contributed by atoms with Crippen LogP contribution >= 0.6 is 11.8 Å². The summed E-state index contributed by atoms with van der Waals surface area (Å²) >= 11 is 1.60. The third kappa shape index (κ3) is 3.48. The predicted octanol–water partition coefficient (Wildman–Crippen LogP) is 3.08. The molecule has 0 aliphatic heterocycles. The molecular weight excluding hydrogens is 262 g/mol. The first-order valence-corrected chi connectivity index (χ1v) is 6.63. The molecule has 4 nitrogen and oxygen atoms in total. The number of thioether (sulfide) groups is 1. The molecule has 0 unspecified atom stereocenters. The maximum absolute atomic E-state index is 10.8.